The molecule has 1 fully saturated rings. The number of nitrogens with zero attached hydrogens (tertiary/aromatic N) is 3. The molecular weight excluding hydrogens is 302 g/mol. The predicted octanol–water partition coefficient (Wildman–Crippen LogP) is 3.08. The second-order valence-corrected chi connectivity index (χ2v) is 6.35. The van der Waals surface area contributed by atoms with Gasteiger partial charge in [0.25, 0.3) is 0 Å². The number of aromatic nitrogens is 2. The van der Waals surface area contributed by atoms with Crippen molar-refractivity contribution in [3.05, 3.63) is 48.5 Å². The van der Waals surface area contributed by atoms with E-state index >= 15 is 0 Å². The van der Waals surface area contributed by atoms with E-state index in [1.54, 1.807) is 13.3 Å². The van der Waals surface area contributed by atoms with Gasteiger partial charge in [0.05, 0.1) is 19.5 Å². The molecule has 0 radical (unpaired) electrons. The van der Waals surface area contributed by atoms with Gasteiger partial charge in [-0.2, -0.15) is 0 Å². The zero-order valence-corrected chi connectivity index (χ0v) is 14.2. The summed E-state index contributed by atoms with van der Waals surface area (Å²) in [5.74, 6) is 1.14. The Kier molecular flexibility index (Phi) is 5.51. The van der Waals surface area contributed by atoms with Crippen molar-refractivity contribution in [3.8, 4) is 5.75 Å². The summed E-state index contributed by atoms with van der Waals surface area (Å²) < 4.78 is 7.29. The molecular formula is C19H25N3O2. The van der Waals surface area contributed by atoms with Crippen LogP contribution >= 0.6 is 0 Å². The predicted molar refractivity (Wildman–Crippen MR) is 93.0 cm³/mol. The molecule has 3 rings (SSSR count). The van der Waals surface area contributed by atoms with Crippen LogP contribution in [0.1, 0.15) is 37.3 Å². The lowest BCUT2D eigenvalue weighted by Gasteiger charge is -2.33. The summed E-state index contributed by atoms with van der Waals surface area (Å²) in [6.07, 6.45) is 10.2. The first-order chi connectivity index (χ1) is 11.8. The van der Waals surface area contributed by atoms with Gasteiger partial charge in [0.2, 0.25) is 5.91 Å². The van der Waals surface area contributed by atoms with E-state index in [1.807, 2.05) is 29.6 Å². The van der Waals surface area contributed by atoms with Crippen molar-refractivity contribution in [3.63, 3.8) is 0 Å². The molecule has 1 aliphatic heterocycles. The summed E-state index contributed by atoms with van der Waals surface area (Å²) in [6.45, 7) is 1.68. The van der Waals surface area contributed by atoms with Crippen LogP contribution in [-0.2, 0) is 11.2 Å². The van der Waals surface area contributed by atoms with E-state index < -0.39 is 0 Å². The maximum atomic E-state index is 12.5. The van der Waals surface area contributed by atoms with Gasteiger partial charge in [0.1, 0.15) is 5.75 Å². The Morgan fingerprint density at radius 2 is 2.17 bits per heavy atom. The van der Waals surface area contributed by atoms with Gasteiger partial charge >= 0.3 is 0 Å². The summed E-state index contributed by atoms with van der Waals surface area (Å²) in [5, 5.41) is 0. The minimum absolute atomic E-state index is 0.272. The first-order valence-electron chi connectivity index (χ1n) is 8.64. The number of piperidine rings is 1. The number of imidazole rings is 1. The largest absolute Gasteiger partial charge is 0.497 e. The maximum Gasteiger partial charge on any atom is 0.222 e. The lowest BCUT2D eigenvalue weighted by atomic mass is 10.0. The molecule has 1 aromatic heterocycles. The Balaban J connectivity index is 1.45. The second kappa shape index (κ2) is 7.99. The molecule has 24 heavy (non-hydrogen) atoms. The number of amides is 1. The number of methoxy groups -OCH3 is 1. The fraction of sp³-hybridized carbons (Fsp3) is 0.474. The zero-order valence-electron chi connectivity index (χ0n) is 14.2. The summed E-state index contributed by atoms with van der Waals surface area (Å²) in [7, 11) is 1.67. The minimum Gasteiger partial charge on any atom is -0.497 e. The van der Waals surface area contributed by atoms with Crippen molar-refractivity contribution in [2.24, 2.45) is 0 Å². The van der Waals surface area contributed by atoms with Gasteiger partial charge in [-0.25, -0.2) is 4.98 Å². The standard InChI is InChI=1S/C19H25N3O2/c1-24-18-9-7-16(8-10-18)4-2-6-19(23)21-12-3-5-17(14-21)22-13-11-20-15-22/h7-11,13,15,17H,2-6,12,14H2,1H3. The van der Waals surface area contributed by atoms with E-state index in [-0.39, 0.29) is 5.91 Å². The average molecular weight is 327 g/mol. The monoisotopic (exact) mass is 327 g/mol. The normalized spacial score (nSPS) is 17.7. The molecule has 5 nitrogen and oxygen atoms in total. The zero-order chi connectivity index (χ0) is 16.8. The lowest BCUT2D eigenvalue weighted by Crippen LogP contribution is -2.40. The van der Waals surface area contributed by atoms with Crippen LogP contribution in [0.25, 0.3) is 0 Å². The molecule has 1 unspecified atom stereocenters. The van der Waals surface area contributed by atoms with E-state index in [9.17, 15) is 4.79 Å². The van der Waals surface area contributed by atoms with Crippen LogP contribution in [-0.4, -0.2) is 40.6 Å². The topological polar surface area (TPSA) is 47.4 Å². The molecule has 0 saturated carbocycles. The third kappa shape index (κ3) is 4.16. The highest BCUT2D eigenvalue weighted by atomic mass is 16.5. The first-order valence-corrected chi connectivity index (χ1v) is 8.64. The van der Waals surface area contributed by atoms with Crippen molar-refractivity contribution in [1.29, 1.82) is 0 Å². The fourth-order valence-electron chi connectivity index (χ4n) is 3.30. The highest BCUT2D eigenvalue weighted by Gasteiger charge is 2.23. The van der Waals surface area contributed by atoms with Crippen LogP contribution in [0.15, 0.2) is 43.0 Å². The number of carbonyl (C=O) groups is 1. The Labute approximate surface area is 143 Å². The molecule has 1 amide bonds. The van der Waals surface area contributed by atoms with Crippen molar-refractivity contribution in [2.75, 3.05) is 20.2 Å². The SMILES string of the molecule is COc1ccc(CCCC(=O)N2CCCC(n3ccnc3)C2)cc1. The van der Waals surface area contributed by atoms with E-state index in [0.29, 0.717) is 12.5 Å². The van der Waals surface area contributed by atoms with Crippen molar-refractivity contribution < 1.29 is 9.53 Å². The van der Waals surface area contributed by atoms with Gasteiger partial charge in [-0.3, -0.25) is 4.79 Å². The fourth-order valence-corrected chi connectivity index (χ4v) is 3.30. The van der Waals surface area contributed by atoms with Crippen LogP contribution < -0.4 is 4.74 Å². The van der Waals surface area contributed by atoms with E-state index in [1.165, 1.54) is 5.56 Å². The molecule has 1 atom stereocenters. The Morgan fingerprint density at radius 1 is 1.33 bits per heavy atom. The van der Waals surface area contributed by atoms with Crippen molar-refractivity contribution in [2.45, 2.75) is 38.1 Å². The van der Waals surface area contributed by atoms with Gasteiger partial charge in [0, 0.05) is 31.9 Å². The molecule has 1 saturated heterocycles. The highest BCUT2D eigenvalue weighted by Crippen LogP contribution is 2.22. The number of benzene rings is 1. The average Bonchev–Trinajstić information content (AvgIpc) is 3.17. The molecule has 0 N–H and O–H groups in total. The number of carbonyl (C=O) groups excluding carboxylic acids is 1. The van der Waals surface area contributed by atoms with Crippen LogP contribution in [0.4, 0.5) is 0 Å². The number of rotatable bonds is 6. The number of aryl methyl sites for hydroxylation is 1. The molecule has 0 spiro atoms. The maximum absolute atomic E-state index is 12.5. The van der Waals surface area contributed by atoms with Crippen molar-refractivity contribution in [1.82, 2.24) is 14.5 Å². The second-order valence-electron chi connectivity index (χ2n) is 6.35. The molecule has 1 aromatic carbocycles. The third-order valence-corrected chi connectivity index (χ3v) is 4.71. The van der Waals surface area contributed by atoms with Gasteiger partial charge in [-0.15, -0.1) is 0 Å². The van der Waals surface area contributed by atoms with E-state index in [4.69, 9.17) is 4.74 Å². The molecule has 1 aliphatic rings. The summed E-state index contributed by atoms with van der Waals surface area (Å²) in [6, 6.07) is 8.44. The Hall–Kier alpha value is -2.30. The van der Waals surface area contributed by atoms with Crippen molar-refractivity contribution >= 4 is 5.91 Å². The Bertz CT molecular complexity index is 637. The quantitative estimate of drug-likeness (QED) is 0.819. The molecule has 0 bridgehead atoms. The molecule has 0 aliphatic carbocycles. The first kappa shape index (κ1) is 16.6. The van der Waals surface area contributed by atoms with Gasteiger partial charge < -0.3 is 14.2 Å². The lowest BCUT2D eigenvalue weighted by molar-refractivity contribution is -0.132. The Morgan fingerprint density at radius 3 is 2.88 bits per heavy atom. The highest BCUT2D eigenvalue weighted by molar-refractivity contribution is 5.76. The van der Waals surface area contributed by atoms with Gasteiger partial charge in [0.15, 0.2) is 0 Å². The molecule has 128 valence electrons. The van der Waals surface area contributed by atoms with E-state index in [0.717, 1.165) is 44.5 Å². The minimum atomic E-state index is 0.272. The number of ether oxygens (including phenoxy) is 1. The van der Waals surface area contributed by atoms with Gasteiger partial charge in [-0.1, -0.05) is 12.1 Å². The molecule has 5 heteroatoms. The van der Waals surface area contributed by atoms with Crippen LogP contribution in [0, 0.1) is 0 Å². The summed E-state index contributed by atoms with van der Waals surface area (Å²) in [4.78, 5) is 18.6. The summed E-state index contributed by atoms with van der Waals surface area (Å²) in [5.41, 5.74) is 1.25. The third-order valence-electron chi connectivity index (χ3n) is 4.71. The van der Waals surface area contributed by atoms with Crippen LogP contribution in [0.5, 0.6) is 5.75 Å². The van der Waals surface area contributed by atoms with Gasteiger partial charge in [-0.05, 0) is 43.4 Å². The molecule has 2 heterocycles. The summed E-state index contributed by atoms with van der Waals surface area (Å²) >= 11 is 0. The molecule has 2 aromatic rings. The number of hydrogen-bond acceptors (Lipinski definition) is 3. The smallest absolute Gasteiger partial charge is 0.222 e. The van der Waals surface area contributed by atoms with E-state index in [2.05, 4.69) is 21.7 Å². The number of hydrogen-bond donors (Lipinski definition) is 0. The number of likely N-dealkylation sites (tertiary alicyclic amines) is 1. The van der Waals surface area contributed by atoms with Crippen LogP contribution in [0.2, 0.25) is 0 Å². The van der Waals surface area contributed by atoms with Crippen LogP contribution in [0.3, 0.4) is 0 Å².